The van der Waals surface area contributed by atoms with Crippen LogP contribution in [-0.4, -0.2) is 132 Å². The molecule has 0 spiro atoms. The van der Waals surface area contributed by atoms with Gasteiger partial charge in [0.2, 0.25) is 17.7 Å². The maximum absolute atomic E-state index is 14.1. The number of ether oxygens (including phenoxy) is 2. The maximum atomic E-state index is 14.1. The number of imide groups is 1. The second kappa shape index (κ2) is 14.5. The highest BCUT2D eigenvalue weighted by Crippen LogP contribution is 2.35. The van der Waals surface area contributed by atoms with Crippen molar-refractivity contribution in [2.24, 2.45) is 5.11 Å². The topological polar surface area (TPSA) is 190 Å². The van der Waals surface area contributed by atoms with Crippen molar-refractivity contribution in [1.29, 1.82) is 0 Å². The lowest BCUT2D eigenvalue weighted by molar-refractivity contribution is -0.140. The average molecular weight is 668 g/mol. The van der Waals surface area contributed by atoms with E-state index in [2.05, 4.69) is 25.6 Å². The molecule has 16 nitrogen and oxygen atoms in total. The molecule has 1 unspecified atom stereocenters. The van der Waals surface area contributed by atoms with Crippen LogP contribution in [0.25, 0.3) is 10.4 Å². The number of benzene rings is 1. The van der Waals surface area contributed by atoms with Crippen LogP contribution in [0.15, 0.2) is 23.3 Å². The van der Waals surface area contributed by atoms with Crippen molar-refractivity contribution in [2.45, 2.75) is 76.2 Å². The van der Waals surface area contributed by atoms with Crippen molar-refractivity contribution in [3.05, 3.63) is 39.8 Å². The zero-order valence-electron chi connectivity index (χ0n) is 28.1. The van der Waals surface area contributed by atoms with E-state index in [1.54, 1.807) is 39.0 Å². The monoisotopic (exact) mass is 667 g/mol. The Morgan fingerprint density at radius 3 is 2.54 bits per heavy atom. The number of nitrogens with zero attached hydrogens (tertiary/aromatic N) is 7. The summed E-state index contributed by atoms with van der Waals surface area (Å²) in [5.74, 6) is -1.54. The number of azide groups is 1. The average Bonchev–Trinajstić information content (AvgIpc) is 3.33. The molecule has 0 aliphatic carbocycles. The molecule has 5 rings (SSSR count). The Hall–Kier alpha value is -4.24. The third kappa shape index (κ3) is 7.73. The Kier molecular flexibility index (Phi) is 10.6. The van der Waals surface area contributed by atoms with Crippen LogP contribution in [0.5, 0.6) is 0 Å². The van der Waals surface area contributed by atoms with Gasteiger partial charge in [-0.05, 0) is 77.8 Å². The Bertz CT molecular complexity index is 1470. The number of likely N-dealkylation sites (N-methyl/N-ethyl adjacent to an activating group) is 1. The van der Waals surface area contributed by atoms with Crippen molar-refractivity contribution in [3.8, 4) is 0 Å². The lowest BCUT2D eigenvalue weighted by Gasteiger charge is -2.52. The fourth-order valence-electron chi connectivity index (χ4n) is 6.58. The Morgan fingerprint density at radius 1 is 1.15 bits per heavy atom. The summed E-state index contributed by atoms with van der Waals surface area (Å²) >= 11 is 0. The molecule has 48 heavy (non-hydrogen) atoms. The molecule has 0 saturated carbocycles. The number of carbonyl (C=O) groups excluding carboxylic acids is 5. The van der Waals surface area contributed by atoms with Crippen molar-refractivity contribution >= 4 is 35.4 Å². The van der Waals surface area contributed by atoms with E-state index < -0.39 is 29.2 Å². The van der Waals surface area contributed by atoms with Gasteiger partial charge in [-0.15, -0.1) is 0 Å². The zero-order valence-corrected chi connectivity index (χ0v) is 28.1. The lowest BCUT2D eigenvalue weighted by Crippen LogP contribution is -2.75. The predicted molar refractivity (Wildman–Crippen MR) is 174 cm³/mol. The number of piperidine rings is 2. The van der Waals surface area contributed by atoms with Gasteiger partial charge in [-0.1, -0.05) is 11.2 Å². The second-order valence-electron chi connectivity index (χ2n) is 13.9. The van der Waals surface area contributed by atoms with Crippen molar-refractivity contribution in [1.82, 2.24) is 24.9 Å². The summed E-state index contributed by atoms with van der Waals surface area (Å²) in [6, 6.07) is 4.33. The van der Waals surface area contributed by atoms with Crippen LogP contribution < -0.4 is 10.6 Å². The van der Waals surface area contributed by atoms with Crippen molar-refractivity contribution in [2.75, 3.05) is 64.8 Å². The number of carbonyl (C=O) groups is 5. The number of nitrogens with one attached hydrogen (secondary N) is 2. The fourth-order valence-corrected chi connectivity index (χ4v) is 6.58. The third-order valence-electron chi connectivity index (χ3n) is 9.44. The smallest absolute Gasteiger partial charge is 0.410 e. The van der Waals surface area contributed by atoms with Gasteiger partial charge in [-0.25, -0.2) is 4.79 Å². The van der Waals surface area contributed by atoms with Crippen LogP contribution in [-0.2, 0) is 30.4 Å². The Morgan fingerprint density at radius 2 is 1.88 bits per heavy atom. The molecule has 1 aromatic rings. The number of fused-ring (bicyclic) bond motifs is 1. The summed E-state index contributed by atoms with van der Waals surface area (Å²) in [5.41, 5.74) is 8.30. The molecule has 1 atom stereocenters. The lowest BCUT2D eigenvalue weighted by atomic mass is 9.86. The van der Waals surface area contributed by atoms with Gasteiger partial charge in [0.25, 0.3) is 5.91 Å². The van der Waals surface area contributed by atoms with Gasteiger partial charge in [0.15, 0.2) is 0 Å². The highest BCUT2D eigenvalue weighted by Gasteiger charge is 2.55. The number of amides is 5. The molecular weight excluding hydrogens is 622 g/mol. The number of hydrogen-bond donors (Lipinski definition) is 2. The first kappa shape index (κ1) is 35.1. The van der Waals surface area contributed by atoms with Gasteiger partial charge >= 0.3 is 6.09 Å². The highest BCUT2D eigenvalue weighted by atomic mass is 16.6. The van der Waals surface area contributed by atoms with Crippen molar-refractivity contribution in [3.63, 3.8) is 0 Å². The third-order valence-corrected chi connectivity index (χ3v) is 9.44. The molecule has 3 fully saturated rings. The first-order chi connectivity index (χ1) is 22.8. The molecule has 5 amide bonds. The molecule has 0 aromatic heterocycles. The minimum Gasteiger partial charge on any atom is -0.444 e. The van der Waals surface area contributed by atoms with E-state index in [4.69, 9.17) is 15.0 Å². The van der Waals surface area contributed by atoms with E-state index in [0.29, 0.717) is 36.6 Å². The van der Waals surface area contributed by atoms with Crippen LogP contribution in [0.4, 0.5) is 10.5 Å². The van der Waals surface area contributed by atoms with Crippen LogP contribution in [0.1, 0.15) is 62.4 Å². The minimum absolute atomic E-state index is 0.0487. The summed E-state index contributed by atoms with van der Waals surface area (Å²) in [6.45, 7) is 9.39. The molecule has 4 aliphatic heterocycles. The SMILES string of the molecule is CN(CCOCCN1CCC(N=[N+]=[N-])CC1)C1(C(=O)Nc2cccc3c2CN(C2CCC(=O)NC2=O)C3=O)CN(C(=O)OC(C)(C)C)C1. The summed E-state index contributed by atoms with van der Waals surface area (Å²) in [6.07, 6.45) is 1.52. The van der Waals surface area contributed by atoms with Gasteiger partial charge in [-0.3, -0.25) is 29.4 Å². The van der Waals surface area contributed by atoms with Gasteiger partial charge < -0.3 is 29.5 Å². The summed E-state index contributed by atoms with van der Waals surface area (Å²) in [5, 5.41) is 9.14. The van der Waals surface area contributed by atoms with E-state index in [0.717, 1.165) is 32.5 Å². The predicted octanol–water partition coefficient (Wildman–Crippen LogP) is 2.10. The molecule has 260 valence electrons. The molecule has 4 heterocycles. The molecule has 2 N–H and O–H groups in total. The van der Waals surface area contributed by atoms with E-state index in [1.165, 1.54) is 9.80 Å². The molecule has 0 radical (unpaired) electrons. The summed E-state index contributed by atoms with van der Waals surface area (Å²) in [4.78, 5) is 74.5. The first-order valence-corrected chi connectivity index (χ1v) is 16.4. The molecule has 3 saturated heterocycles. The Balaban J connectivity index is 1.23. The molecule has 4 aliphatic rings. The number of hydrogen-bond acceptors (Lipinski definition) is 10. The maximum Gasteiger partial charge on any atom is 0.410 e. The van der Waals surface area contributed by atoms with E-state index in [1.807, 2.05) is 11.9 Å². The van der Waals surface area contributed by atoms with Crippen LogP contribution in [0, 0.1) is 0 Å². The normalized spacial score (nSPS) is 21.4. The van der Waals surface area contributed by atoms with E-state index in [9.17, 15) is 24.0 Å². The zero-order chi connectivity index (χ0) is 34.6. The fraction of sp³-hybridized carbons (Fsp3) is 0.656. The van der Waals surface area contributed by atoms with Gasteiger partial charge in [0.1, 0.15) is 17.2 Å². The largest absolute Gasteiger partial charge is 0.444 e. The molecule has 0 bridgehead atoms. The van der Waals surface area contributed by atoms with E-state index >= 15 is 0 Å². The second-order valence-corrected chi connectivity index (χ2v) is 13.9. The van der Waals surface area contributed by atoms with E-state index in [-0.39, 0.29) is 56.2 Å². The highest BCUT2D eigenvalue weighted by molar-refractivity contribution is 6.07. The van der Waals surface area contributed by atoms with Crippen LogP contribution in [0.3, 0.4) is 0 Å². The summed E-state index contributed by atoms with van der Waals surface area (Å²) < 4.78 is 11.5. The Labute approximate surface area is 279 Å². The summed E-state index contributed by atoms with van der Waals surface area (Å²) in [7, 11) is 1.82. The quantitative estimate of drug-likeness (QED) is 0.117. The van der Waals surface area contributed by atoms with Crippen LogP contribution in [0.2, 0.25) is 0 Å². The van der Waals surface area contributed by atoms with Crippen molar-refractivity contribution < 1.29 is 33.4 Å². The number of rotatable bonds is 11. The van der Waals surface area contributed by atoms with Gasteiger partial charge in [0, 0.05) is 53.8 Å². The minimum atomic E-state index is -1.09. The first-order valence-electron chi connectivity index (χ1n) is 16.4. The van der Waals surface area contributed by atoms with Gasteiger partial charge in [-0.2, -0.15) is 0 Å². The molecular formula is C32H45N9O7. The van der Waals surface area contributed by atoms with Gasteiger partial charge in [0.05, 0.1) is 26.3 Å². The molecule has 1 aromatic carbocycles. The van der Waals surface area contributed by atoms with Crippen LogP contribution >= 0.6 is 0 Å². The number of anilines is 1. The number of likely N-dealkylation sites (tertiary alicyclic amines) is 2. The molecule has 16 heteroatoms. The standard InChI is InChI=1S/C32H45N9O7/c1-31(2,3)48-30(46)40-19-32(20-40,38(4)14-16-47-17-15-39-12-10-21(11-13-39)36-37-33)29(45)34-24-7-5-6-22-23(24)18-41(28(22)44)25-8-9-26(42)35-27(25)43/h5-7,21,25H,8-20H2,1-4H3,(H,34,45)(H,35,42,43).